The second kappa shape index (κ2) is 8.64. The topological polar surface area (TPSA) is 57.2 Å². The molecule has 1 saturated heterocycles. The van der Waals surface area contributed by atoms with E-state index in [4.69, 9.17) is 11.6 Å². The molecule has 0 unspecified atom stereocenters. The number of aromatic nitrogens is 3. The number of nitrogens with one attached hydrogen (secondary N) is 1. The number of nitrogens with zero attached hydrogens (tertiary/aromatic N) is 5. The Morgan fingerprint density at radius 2 is 2.08 bits per heavy atom. The van der Waals surface area contributed by atoms with Crippen LogP contribution >= 0.6 is 34.9 Å². The molecule has 0 saturated carbocycles. The van der Waals surface area contributed by atoms with Gasteiger partial charge in [-0.25, -0.2) is 15.0 Å². The zero-order chi connectivity index (χ0) is 17.8. The quantitative estimate of drug-likeness (QED) is 0.747. The zero-order valence-electron chi connectivity index (χ0n) is 14.7. The van der Waals surface area contributed by atoms with Crippen molar-refractivity contribution in [2.24, 2.45) is 0 Å². The van der Waals surface area contributed by atoms with Crippen LogP contribution in [0.5, 0.6) is 0 Å². The minimum atomic E-state index is 0.406. The molecule has 3 heterocycles. The standard InChI is InChI=1S/C16H23ClN6S2/c1-22(2)10-14-18-9-13(25-14)15-12(17)8-19-16(21-15)20-11-4-6-23(24-3)7-5-11/h8-9,11H,4-7,10H2,1-3H3,(H,19,20,21). The van der Waals surface area contributed by atoms with Crippen molar-refractivity contribution in [2.75, 3.05) is 38.8 Å². The number of rotatable bonds is 6. The van der Waals surface area contributed by atoms with E-state index in [1.54, 1.807) is 17.5 Å². The van der Waals surface area contributed by atoms with E-state index in [9.17, 15) is 0 Å². The van der Waals surface area contributed by atoms with E-state index in [0.29, 0.717) is 17.0 Å². The molecule has 0 radical (unpaired) electrons. The largest absolute Gasteiger partial charge is 0.351 e. The molecule has 25 heavy (non-hydrogen) atoms. The molecule has 3 rings (SSSR count). The summed E-state index contributed by atoms with van der Waals surface area (Å²) in [6, 6.07) is 0.406. The van der Waals surface area contributed by atoms with Crippen molar-refractivity contribution in [3.8, 4) is 10.6 Å². The molecule has 136 valence electrons. The first-order chi connectivity index (χ1) is 12.0. The van der Waals surface area contributed by atoms with Gasteiger partial charge in [0.05, 0.1) is 16.1 Å². The van der Waals surface area contributed by atoms with Crippen LogP contribution < -0.4 is 5.32 Å². The molecule has 9 heteroatoms. The first kappa shape index (κ1) is 18.8. The lowest BCUT2D eigenvalue weighted by molar-refractivity contribution is 0.358. The Balaban J connectivity index is 1.71. The first-order valence-corrected chi connectivity index (χ1v) is 10.6. The van der Waals surface area contributed by atoms with Gasteiger partial charge in [-0.05, 0) is 33.2 Å². The molecule has 0 bridgehead atoms. The predicted octanol–water partition coefficient (Wildman–Crippen LogP) is 3.47. The molecular weight excluding hydrogens is 376 g/mol. The fourth-order valence-electron chi connectivity index (χ4n) is 2.74. The fourth-order valence-corrected chi connectivity index (χ4v) is 4.60. The maximum Gasteiger partial charge on any atom is 0.223 e. The normalized spacial score (nSPS) is 16.5. The maximum absolute atomic E-state index is 6.33. The Morgan fingerprint density at radius 3 is 2.76 bits per heavy atom. The van der Waals surface area contributed by atoms with E-state index in [1.165, 1.54) is 0 Å². The first-order valence-electron chi connectivity index (χ1n) is 8.23. The summed E-state index contributed by atoms with van der Waals surface area (Å²) < 4.78 is 2.38. The van der Waals surface area contributed by atoms with Gasteiger partial charge in [-0.2, -0.15) is 0 Å². The van der Waals surface area contributed by atoms with Gasteiger partial charge in [-0.3, -0.25) is 4.31 Å². The fraction of sp³-hybridized carbons (Fsp3) is 0.562. The molecule has 0 aromatic carbocycles. The Morgan fingerprint density at radius 1 is 1.32 bits per heavy atom. The summed E-state index contributed by atoms with van der Waals surface area (Å²) in [4.78, 5) is 16.5. The molecule has 2 aromatic heterocycles. The van der Waals surface area contributed by atoms with Crippen LogP contribution in [0.2, 0.25) is 5.02 Å². The Kier molecular flexibility index (Phi) is 6.51. The van der Waals surface area contributed by atoms with E-state index in [-0.39, 0.29) is 0 Å². The third kappa shape index (κ3) is 5.04. The smallest absolute Gasteiger partial charge is 0.223 e. The number of anilines is 1. The average molecular weight is 399 g/mol. The number of hydrogen-bond donors (Lipinski definition) is 1. The third-order valence-electron chi connectivity index (χ3n) is 4.03. The summed E-state index contributed by atoms with van der Waals surface area (Å²) in [5.74, 6) is 0.643. The van der Waals surface area contributed by atoms with E-state index >= 15 is 0 Å². The number of thiazole rings is 1. The molecule has 0 atom stereocenters. The van der Waals surface area contributed by atoms with Crippen LogP contribution in [0, 0.1) is 0 Å². The van der Waals surface area contributed by atoms with Crippen LogP contribution in [0.1, 0.15) is 17.8 Å². The monoisotopic (exact) mass is 398 g/mol. The molecule has 0 amide bonds. The lowest BCUT2D eigenvalue weighted by Gasteiger charge is -2.30. The summed E-state index contributed by atoms with van der Waals surface area (Å²) in [5.41, 5.74) is 0.753. The maximum atomic E-state index is 6.33. The van der Waals surface area contributed by atoms with Gasteiger partial charge in [-0.15, -0.1) is 11.3 Å². The van der Waals surface area contributed by atoms with Gasteiger partial charge in [0.2, 0.25) is 5.95 Å². The van der Waals surface area contributed by atoms with E-state index < -0.39 is 0 Å². The third-order valence-corrected chi connectivity index (χ3v) is 6.17. The minimum absolute atomic E-state index is 0.406. The summed E-state index contributed by atoms with van der Waals surface area (Å²) in [6.45, 7) is 2.98. The SMILES string of the molecule is CSN1CCC(Nc2ncc(Cl)c(-c3cnc(CN(C)C)s3)n2)CC1. The van der Waals surface area contributed by atoms with Crippen LogP contribution in [0.15, 0.2) is 12.4 Å². The Hall–Kier alpha value is -0.930. The Labute approximate surface area is 162 Å². The highest BCUT2D eigenvalue weighted by atomic mass is 35.5. The van der Waals surface area contributed by atoms with E-state index in [0.717, 1.165) is 48.1 Å². The molecule has 1 N–H and O–H groups in total. The van der Waals surface area contributed by atoms with Gasteiger partial charge >= 0.3 is 0 Å². The van der Waals surface area contributed by atoms with Gasteiger partial charge < -0.3 is 10.2 Å². The molecule has 1 aliphatic rings. The predicted molar refractivity (Wildman–Crippen MR) is 107 cm³/mol. The zero-order valence-corrected chi connectivity index (χ0v) is 17.1. The van der Waals surface area contributed by atoms with Gasteiger partial charge in [0.25, 0.3) is 0 Å². The van der Waals surface area contributed by atoms with E-state index in [1.807, 2.05) is 32.2 Å². The molecule has 1 aliphatic heterocycles. The van der Waals surface area contributed by atoms with Crippen molar-refractivity contribution < 1.29 is 0 Å². The van der Waals surface area contributed by atoms with Crippen LogP contribution in [0.3, 0.4) is 0 Å². The van der Waals surface area contributed by atoms with Crippen molar-refractivity contribution in [1.29, 1.82) is 0 Å². The van der Waals surface area contributed by atoms with Crippen LogP contribution in [-0.2, 0) is 6.54 Å². The summed E-state index contributed by atoms with van der Waals surface area (Å²) in [6.07, 6.45) is 7.83. The minimum Gasteiger partial charge on any atom is -0.351 e. The lowest BCUT2D eigenvalue weighted by Crippen LogP contribution is -2.35. The van der Waals surface area contributed by atoms with Gasteiger partial charge in [0, 0.05) is 31.9 Å². The Bertz CT molecular complexity index is 700. The van der Waals surface area contributed by atoms with Gasteiger partial charge in [0.1, 0.15) is 10.7 Å². The highest BCUT2D eigenvalue weighted by Crippen LogP contribution is 2.31. The summed E-state index contributed by atoms with van der Waals surface area (Å²) >= 11 is 9.76. The number of hydrogen-bond acceptors (Lipinski definition) is 8. The summed E-state index contributed by atoms with van der Waals surface area (Å²) in [5, 5.41) is 5.07. The van der Waals surface area contributed by atoms with Crippen molar-refractivity contribution in [1.82, 2.24) is 24.2 Å². The highest BCUT2D eigenvalue weighted by molar-refractivity contribution is 7.96. The van der Waals surface area contributed by atoms with Crippen LogP contribution in [0.4, 0.5) is 5.95 Å². The lowest BCUT2D eigenvalue weighted by atomic mass is 10.1. The molecular formula is C16H23ClN6S2. The van der Waals surface area contributed by atoms with Crippen LogP contribution in [-0.4, -0.2) is 63.6 Å². The second-order valence-corrected chi connectivity index (χ2v) is 8.68. The molecule has 0 spiro atoms. The average Bonchev–Trinajstić information content (AvgIpc) is 3.05. The van der Waals surface area contributed by atoms with Crippen molar-refractivity contribution in [3.05, 3.63) is 22.4 Å². The molecule has 6 nitrogen and oxygen atoms in total. The molecule has 1 fully saturated rings. The van der Waals surface area contributed by atoms with E-state index in [2.05, 4.69) is 35.7 Å². The number of halogens is 1. The highest BCUT2D eigenvalue weighted by Gasteiger charge is 2.20. The number of piperidine rings is 1. The van der Waals surface area contributed by atoms with Crippen molar-refractivity contribution >= 4 is 40.8 Å². The summed E-state index contributed by atoms with van der Waals surface area (Å²) in [7, 11) is 4.06. The molecule has 2 aromatic rings. The second-order valence-electron chi connectivity index (χ2n) is 6.28. The van der Waals surface area contributed by atoms with Gasteiger partial charge in [-0.1, -0.05) is 23.5 Å². The van der Waals surface area contributed by atoms with Gasteiger partial charge in [0.15, 0.2) is 0 Å². The van der Waals surface area contributed by atoms with Crippen molar-refractivity contribution in [3.63, 3.8) is 0 Å². The van der Waals surface area contributed by atoms with Crippen molar-refractivity contribution in [2.45, 2.75) is 25.4 Å². The van der Waals surface area contributed by atoms with Crippen LogP contribution in [0.25, 0.3) is 10.6 Å². The molecule has 0 aliphatic carbocycles.